The molecule has 2 aliphatic carbocycles. The molecule has 0 atom stereocenters. The molecule has 1 heterocycles. The van der Waals surface area contributed by atoms with Crippen molar-refractivity contribution in [2.45, 2.75) is 101 Å². The second-order valence-electron chi connectivity index (χ2n) is 7.08. The van der Waals surface area contributed by atoms with Gasteiger partial charge in [0.2, 0.25) is 5.79 Å². The molecule has 0 aromatic rings. The lowest BCUT2D eigenvalue weighted by atomic mass is 9.85. The van der Waals surface area contributed by atoms with Crippen LogP contribution >= 0.6 is 0 Å². The van der Waals surface area contributed by atoms with Gasteiger partial charge >= 0.3 is 0 Å². The van der Waals surface area contributed by atoms with E-state index >= 15 is 0 Å². The lowest BCUT2D eigenvalue weighted by Gasteiger charge is -2.46. The Bertz CT molecular complexity index is 275. The van der Waals surface area contributed by atoms with Gasteiger partial charge in [0.05, 0.1) is 6.61 Å². The van der Waals surface area contributed by atoms with E-state index in [4.69, 9.17) is 14.5 Å². The van der Waals surface area contributed by atoms with Crippen molar-refractivity contribution in [2.75, 3.05) is 6.61 Å². The van der Waals surface area contributed by atoms with Crippen LogP contribution in [-0.4, -0.2) is 18.0 Å². The van der Waals surface area contributed by atoms with E-state index in [1.807, 2.05) is 0 Å². The summed E-state index contributed by atoms with van der Waals surface area (Å²) in [6.45, 7) is 0.743. The van der Waals surface area contributed by atoms with Gasteiger partial charge in [-0.25, -0.2) is 9.78 Å². The molecule has 0 aromatic heterocycles. The number of hydrogen-bond acceptors (Lipinski definition) is 3. The van der Waals surface area contributed by atoms with Crippen molar-refractivity contribution in [3.8, 4) is 0 Å². The molecule has 3 rings (SSSR count). The van der Waals surface area contributed by atoms with E-state index in [1.54, 1.807) is 0 Å². The lowest BCUT2D eigenvalue weighted by molar-refractivity contribution is -0.518. The van der Waals surface area contributed by atoms with Gasteiger partial charge in [-0.2, -0.15) is 0 Å². The molecule has 3 fully saturated rings. The molecular weight excluding hydrogens is 252 g/mol. The molecule has 2 saturated carbocycles. The second kappa shape index (κ2) is 6.76. The number of ether oxygens (including phenoxy) is 1. The monoisotopic (exact) mass is 282 g/mol. The Hall–Kier alpha value is -0.120. The summed E-state index contributed by atoms with van der Waals surface area (Å²) in [5, 5.41) is 0. The largest absolute Gasteiger partial charge is 0.344 e. The van der Waals surface area contributed by atoms with E-state index in [2.05, 4.69) is 0 Å². The Balaban J connectivity index is 1.57. The Labute approximate surface area is 123 Å². The van der Waals surface area contributed by atoms with Gasteiger partial charge in [0.15, 0.2) is 0 Å². The van der Waals surface area contributed by atoms with Crippen LogP contribution in [0.1, 0.15) is 89.9 Å². The summed E-state index contributed by atoms with van der Waals surface area (Å²) in [6, 6.07) is 0. The highest BCUT2D eigenvalue weighted by Gasteiger charge is 2.46. The predicted octanol–water partition coefficient (Wildman–Crippen LogP) is 4.89. The highest BCUT2D eigenvalue weighted by atomic mass is 17.2. The zero-order valence-corrected chi connectivity index (χ0v) is 12.8. The first-order valence-electron chi connectivity index (χ1n) is 8.84. The molecule has 0 amide bonds. The van der Waals surface area contributed by atoms with Crippen LogP contribution in [0.5, 0.6) is 0 Å². The normalized spacial score (nSPS) is 31.2. The molecule has 0 unspecified atom stereocenters. The van der Waals surface area contributed by atoms with Gasteiger partial charge in [-0.1, -0.05) is 51.4 Å². The van der Waals surface area contributed by atoms with Gasteiger partial charge < -0.3 is 4.74 Å². The van der Waals surface area contributed by atoms with Gasteiger partial charge in [0.25, 0.3) is 0 Å². The molecule has 0 N–H and O–H groups in total. The minimum Gasteiger partial charge on any atom is -0.344 e. The van der Waals surface area contributed by atoms with Crippen LogP contribution in [0.4, 0.5) is 0 Å². The summed E-state index contributed by atoms with van der Waals surface area (Å²) in [4.78, 5) is 11.9. The number of hydrogen-bond donors (Lipinski definition) is 0. The van der Waals surface area contributed by atoms with E-state index < -0.39 is 5.79 Å². The molecule has 0 bridgehead atoms. The molecule has 0 radical (unpaired) electrons. The number of rotatable bonds is 0. The molecular formula is C17H30O3. The van der Waals surface area contributed by atoms with Crippen LogP contribution in [-0.2, 0) is 14.5 Å². The van der Waals surface area contributed by atoms with Gasteiger partial charge in [-0.05, 0) is 25.7 Å². The standard InChI is InChI=1S/C17H30O3/c1-2-4-9-13-17(14-10-5-3-1)18-15-16(19-20-17)11-7-6-8-12-16/h1-15H2. The molecule has 1 aliphatic heterocycles. The van der Waals surface area contributed by atoms with Gasteiger partial charge in [-0.3, -0.25) is 0 Å². The maximum Gasteiger partial charge on any atom is 0.201 e. The first-order valence-corrected chi connectivity index (χ1v) is 8.84. The molecule has 20 heavy (non-hydrogen) atoms. The minimum absolute atomic E-state index is 0.126. The van der Waals surface area contributed by atoms with Crippen molar-refractivity contribution in [3.63, 3.8) is 0 Å². The second-order valence-corrected chi connectivity index (χ2v) is 7.08. The van der Waals surface area contributed by atoms with Crippen molar-refractivity contribution >= 4 is 0 Å². The highest BCUT2D eigenvalue weighted by molar-refractivity contribution is 4.87. The van der Waals surface area contributed by atoms with Gasteiger partial charge in [0, 0.05) is 12.8 Å². The summed E-state index contributed by atoms with van der Waals surface area (Å²) in [5.41, 5.74) is -0.126. The highest BCUT2D eigenvalue weighted by Crippen LogP contribution is 2.41. The van der Waals surface area contributed by atoms with E-state index in [0.29, 0.717) is 0 Å². The van der Waals surface area contributed by atoms with Crippen molar-refractivity contribution in [1.82, 2.24) is 0 Å². The van der Waals surface area contributed by atoms with Crippen molar-refractivity contribution in [1.29, 1.82) is 0 Å². The summed E-state index contributed by atoms with van der Waals surface area (Å²) >= 11 is 0. The van der Waals surface area contributed by atoms with Crippen LogP contribution in [0.2, 0.25) is 0 Å². The molecule has 1 saturated heterocycles. The minimum atomic E-state index is -0.431. The average Bonchev–Trinajstić information content (AvgIpc) is 2.50. The van der Waals surface area contributed by atoms with Crippen molar-refractivity contribution < 1.29 is 14.5 Å². The maximum absolute atomic E-state index is 6.28. The van der Waals surface area contributed by atoms with E-state index in [0.717, 1.165) is 32.3 Å². The third-order valence-corrected chi connectivity index (χ3v) is 5.35. The third kappa shape index (κ3) is 3.55. The zero-order chi connectivity index (χ0) is 13.7. The van der Waals surface area contributed by atoms with Crippen molar-refractivity contribution in [3.05, 3.63) is 0 Å². The SMILES string of the molecule is C1CCCCC2(CCCC1)OCC1(CCCCC1)OO2. The third-order valence-electron chi connectivity index (χ3n) is 5.35. The molecule has 3 heteroatoms. The van der Waals surface area contributed by atoms with Crippen molar-refractivity contribution in [2.24, 2.45) is 0 Å². The van der Waals surface area contributed by atoms with Crippen LogP contribution in [0.3, 0.4) is 0 Å². The first kappa shape index (κ1) is 14.8. The Morgan fingerprint density at radius 1 is 0.500 bits per heavy atom. The van der Waals surface area contributed by atoms with Crippen LogP contribution in [0.25, 0.3) is 0 Å². The fraction of sp³-hybridized carbons (Fsp3) is 1.00. The smallest absolute Gasteiger partial charge is 0.201 e. The summed E-state index contributed by atoms with van der Waals surface area (Å²) < 4.78 is 6.28. The fourth-order valence-electron chi connectivity index (χ4n) is 3.92. The molecule has 116 valence electrons. The van der Waals surface area contributed by atoms with E-state index in [9.17, 15) is 0 Å². The Kier molecular flexibility index (Phi) is 5.00. The topological polar surface area (TPSA) is 27.7 Å². The molecule has 2 spiro atoms. The molecule has 3 nitrogen and oxygen atoms in total. The quantitative estimate of drug-likeness (QED) is 0.592. The Morgan fingerprint density at radius 2 is 1.00 bits per heavy atom. The maximum atomic E-state index is 6.28. The zero-order valence-electron chi connectivity index (χ0n) is 12.8. The van der Waals surface area contributed by atoms with Gasteiger partial charge in [-0.15, -0.1) is 0 Å². The van der Waals surface area contributed by atoms with Crippen LogP contribution in [0, 0.1) is 0 Å². The lowest BCUT2D eigenvalue weighted by Crippen LogP contribution is -2.53. The van der Waals surface area contributed by atoms with Crippen LogP contribution < -0.4 is 0 Å². The summed E-state index contributed by atoms with van der Waals surface area (Å²) in [7, 11) is 0. The van der Waals surface area contributed by atoms with Gasteiger partial charge in [0.1, 0.15) is 5.60 Å². The summed E-state index contributed by atoms with van der Waals surface area (Å²) in [5.74, 6) is -0.431. The first-order chi connectivity index (χ1) is 9.83. The molecule has 0 aromatic carbocycles. The Morgan fingerprint density at radius 3 is 1.55 bits per heavy atom. The molecule has 3 aliphatic rings. The fourth-order valence-corrected chi connectivity index (χ4v) is 3.92. The van der Waals surface area contributed by atoms with Crippen LogP contribution in [0.15, 0.2) is 0 Å². The van der Waals surface area contributed by atoms with E-state index in [-0.39, 0.29) is 5.60 Å². The average molecular weight is 282 g/mol. The van der Waals surface area contributed by atoms with E-state index in [1.165, 1.54) is 64.2 Å². The predicted molar refractivity (Wildman–Crippen MR) is 78.2 cm³/mol. The summed E-state index contributed by atoms with van der Waals surface area (Å²) in [6.07, 6.45) is 17.2.